The van der Waals surface area contributed by atoms with Crippen LogP contribution in [0.2, 0.25) is 0 Å². The van der Waals surface area contributed by atoms with Crippen LogP contribution in [0.5, 0.6) is 0 Å². The van der Waals surface area contributed by atoms with E-state index in [1.165, 1.54) is 5.56 Å². The molecule has 1 aromatic carbocycles. The Balaban J connectivity index is 1.46. The summed E-state index contributed by atoms with van der Waals surface area (Å²) in [6.45, 7) is 0.634. The first-order chi connectivity index (χ1) is 13.2. The van der Waals surface area contributed by atoms with Gasteiger partial charge in [0, 0.05) is 41.7 Å². The van der Waals surface area contributed by atoms with Gasteiger partial charge in [-0.1, -0.05) is 36.4 Å². The van der Waals surface area contributed by atoms with Crippen molar-refractivity contribution in [1.82, 2.24) is 4.98 Å². The number of hydrogen-bond acceptors (Lipinski definition) is 4. The molecule has 1 atom stereocenters. The number of rotatable bonds is 5. The maximum atomic E-state index is 12.5. The molecule has 5 nitrogen and oxygen atoms in total. The third-order valence-corrected chi connectivity index (χ3v) is 5.51. The minimum absolute atomic E-state index is 0.0888. The number of anilines is 2. The van der Waals surface area contributed by atoms with Gasteiger partial charge in [-0.05, 0) is 23.1 Å². The van der Waals surface area contributed by atoms with Crippen molar-refractivity contribution >= 4 is 34.7 Å². The van der Waals surface area contributed by atoms with E-state index in [9.17, 15) is 9.59 Å². The van der Waals surface area contributed by atoms with Gasteiger partial charge < -0.3 is 10.2 Å². The number of hydrogen-bond donors (Lipinski definition) is 1. The minimum atomic E-state index is -0.114. The van der Waals surface area contributed by atoms with Crippen LogP contribution in [-0.2, 0) is 16.0 Å². The Morgan fingerprint density at radius 2 is 2.04 bits per heavy atom. The van der Waals surface area contributed by atoms with Gasteiger partial charge in [-0.25, -0.2) is 4.98 Å². The molecule has 0 spiro atoms. The fourth-order valence-electron chi connectivity index (χ4n) is 3.32. The molecule has 0 aliphatic carbocycles. The average molecular weight is 377 g/mol. The highest BCUT2D eigenvalue weighted by Crippen LogP contribution is 2.32. The SMILES string of the molecule is O=C(Cc1cccs1)Nc1cc(N2C[C@H](c3ccccc3)CC2=O)ccn1. The van der Waals surface area contributed by atoms with E-state index >= 15 is 0 Å². The highest BCUT2D eigenvalue weighted by molar-refractivity contribution is 7.10. The molecule has 1 aliphatic heterocycles. The first-order valence-electron chi connectivity index (χ1n) is 8.82. The second-order valence-electron chi connectivity index (χ2n) is 6.52. The van der Waals surface area contributed by atoms with Crippen molar-refractivity contribution in [3.8, 4) is 0 Å². The van der Waals surface area contributed by atoms with Crippen LogP contribution in [0.1, 0.15) is 22.8 Å². The zero-order chi connectivity index (χ0) is 18.6. The highest BCUT2D eigenvalue weighted by atomic mass is 32.1. The van der Waals surface area contributed by atoms with Crippen LogP contribution in [0.4, 0.5) is 11.5 Å². The Hall–Kier alpha value is -2.99. The zero-order valence-electron chi connectivity index (χ0n) is 14.7. The summed E-state index contributed by atoms with van der Waals surface area (Å²) in [4.78, 5) is 31.7. The summed E-state index contributed by atoms with van der Waals surface area (Å²) in [6, 6.07) is 17.5. The van der Waals surface area contributed by atoms with Gasteiger partial charge in [0.1, 0.15) is 5.82 Å². The van der Waals surface area contributed by atoms with Crippen molar-refractivity contribution < 1.29 is 9.59 Å². The van der Waals surface area contributed by atoms with Gasteiger partial charge in [0.25, 0.3) is 0 Å². The third kappa shape index (κ3) is 4.06. The molecule has 3 heterocycles. The van der Waals surface area contributed by atoms with Crippen LogP contribution in [0.3, 0.4) is 0 Å². The largest absolute Gasteiger partial charge is 0.312 e. The van der Waals surface area contributed by atoms with Gasteiger partial charge in [-0.15, -0.1) is 11.3 Å². The second-order valence-corrected chi connectivity index (χ2v) is 7.55. The molecule has 0 bridgehead atoms. The number of nitrogens with zero attached hydrogens (tertiary/aromatic N) is 2. The number of carbonyl (C=O) groups excluding carboxylic acids is 2. The quantitative estimate of drug-likeness (QED) is 0.735. The monoisotopic (exact) mass is 377 g/mol. The molecular formula is C21H19N3O2S. The molecule has 0 unspecified atom stereocenters. The molecule has 0 radical (unpaired) electrons. The molecule has 2 amide bonds. The average Bonchev–Trinajstić information content (AvgIpc) is 3.32. The number of amides is 2. The molecule has 1 aliphatic rings. The molecule has 136 valence electrons. The van der Waals surface area contributed by atoms with Crippen LogP contribution >= 0.6 is 11.3 Å². The van der Waals surface area contributed by atoms with Crippen LogP contribution in [0.15, 0.2) is 66.2 Å². The molecule has 4 rings (SSSR count). The van der Waals surface area contributed by atoms with E-state index in [0.29, 0.717) is 25.2 Å². The summed E-state index contributed by atoms with van der Waals surface area (Å²) >= 11 is 1.55. The maximum Gasteiger partial charge on any atom is 0.230 e. The predicted molar refractivity (Wildman–Crippen MR) is 107 cm³/mol. The molecule has 1 saturated heterocycles. The molecule has 3 aromatic rings. The zero-order valence-corrected chi connectivity index (χ0v) is 15.5. The van der Waals surface area contributed by atoms with Gasteiger partial charge in [0.15, 0.2) is 0 Å². The number of thiophene rings is 1. The Bertz CT molecular complexity index is 941. The first kappa shape index (κ1) is 17.4. The Morgan fingerprint density at radius 1 is 1.19 bits per heavy atom. The number of pyridine rings is 1. The van der Waals surface area contributed by atoms with E-state index in [-0.39, 0.29) is 17.7 Å². The maximum absolute atomic E-state index is 12.5. The van der Waals surface area contributed by atoms with Crippen LogP contribution in [-0.4, -0.2) is 23.3 Å². The van der Waals surface area contributed by atoms with Crippen molar-refractivity contribution in [2.75, 3.05) is 16.8 Å². The Kier molecular flexibility index (Phi) is 4.98. The molecule has 2 aromatic heterocycles. The van der Waals surface area contributed by atoms with Gasteiger partial charge >= 0.3 is 0 Å². The predicted octanol–water partition coefficient (Wildman–Crippen LogP) is 3.84. The number of carbonyl (C=O) groups is 2. The van der Waals surface area contributed by atoms with Gasteiger partial charge in [0.05, 0.1) is 6.42 Å². The summed E-state index contributed by atoms with van der Waals surface area (Å²) in [5.74, 6) is 0.622. The summed E-state index contributed by atoms with van der Waals surface area (Å²) in [6.07, 6.45) is 2.44. The standard InChI is InChI=1S/C21H19N3O2S/c25-20(13-18-7-4-10-27-18)23-19-12-17(8-9-22-19)24-14-16(11-21(24)26)15-5-2-1-3-6-15/h1-10,12,16H,11,13-14H2,(H,22,23,25)/t16-/m1/s1. The third-order valence-electron chi connectivity index (χ3n) is 4.63. The van der Waals surface area contributed by atoms with Crippen LogP contribution in [0.25, 0.3) is 0 Å². The van der Waals surface area contributed by atoms with E-state index < -0.39 is 0 Å². The first-order valence-corrected chi connectivity index (χ1v) is 9.70. The van der Waals surface area contributed by atoms with Gasteiger partial charge in [-0.2, -0.15) is 0 Å². The van der Waals surface area contributed by atoms with E-state index in [0.717, 1.165) is 10.6 Å². The normalized spacial score (nSPS) is 16.5. The topological polar surface area (TPSA) is 62.3 Å². The lowest BCUT2D eigenvalue weighted by molar-refractivity contribution is -0.117. The fraction of sp³-hybridized carbons (Fsp3) is 0.190. The van der Waals surface area contributed by atoms with Crippen LogP contribution in [0, 0.1) is 0 Å². The van der Waals surface area contributed by atoms with Crippen molar-refractivity contribution in [3.05, 3.63) is 76.6 Å². The number of nitrogens with one attached hydrogen (secondary N) is 1. The number of aromatic nitrogens is 1. The highest BCUT2D eigenvalue weighted by Gasteiger charge is 2.31. The van der Waals surface area contributed by atoms with E-state index in [2.05, 4.69) is 22.4 Å². The smallest absolute Gasteiger partial charge is 0.230 e. The van der Waals surface area contributed by atoms with Gasteiger partial charge in [-0.3, -0.25) is 9.59 Å². The lowest BCUT2D eigenvalue weighted by atomic mass is 9.99. The van der Waals surface area contributed by atoms with E-state index in [4.69, 9.17) is 0 Å². The molecular weight excluding hydrogens is 358 g/mol. The minimum Gasteiger partial charge on any atom is -0.312 e. The molecule has 1 fully saturated rings. The van der Waals surface area contributed by atoms with E-state index in [1.807, 2.05) is 35.7 Å². The molecule has 1 N–H and O–H groups in total. The van der Waals surface area contributed by atoms with Crippen LogP contribution < -0.4 is 10.2 Å². The molecule has 6 heteroatoms. The lowest BCUT2D eigenvalue weighted by Gasteiger charge is -2.17. The fourth-order valence-corrected chi connectivity index (χ4v) is 4.02. The molecule has 27 heavy (non-hydrogen) atoms. The lowest BCUT2D eigenvalue weighted by Crippen LogP contribution is -2.24. The van der Waals surface area contributed by atoms with Crippen molar-refractivity contribution in [2.45, 2.75) is 18.8 Å². The molecule has 0 saturated carbocycles. The van der Waals surface area contributed by atoms with Gasteiger partial charge in [0.2, 0.25) is 11.8 Å². The number of benzene rings is 1. The summed E-state index contributed by atoms with van der Waals surface area (Å²) in [5, 5.41) is 4.77. The Labute approximate surface area is 161 Å². The van der Waals surface area contributed by atoms with Crippen molar-refractivity contribution in [1.29, 1.82) is 0 Å². The van der Waals surface area contributed by atoms with E-state index in [1.54, 1.807) is 34.6 Å². The van der Waals surface area contributed by atoms with Crippen molar-refractivity contribution in [2.24, 2.45) is 0 Å². The second kappa shape index (κ2) is 7.72. The summed E-state index contributed by atoms with van der Waals surface area (Å²) in [5.41, 5.74) is 1.94. The summed E-state index contributed by atoms with van der Waals surface area (Å²) in [7, 11) is 0. The van der Waals surface area contributed by atoms with Crippen molar-refractivity contribution in [3.63, 3.8) is 0 Å². The summed E-state index contributed by atoms with van der Waals surface area (Å²) < 4.78 is 0. The Morgan fingerprint density at radius 3 is 2.81 bits per heavy atom.